The third-order valence-corrected chi connectivity index (χ3v) is 3.71. The number of esters is 1. The summed E-state index contributed by atoms with van der Waals surface area (Å²) in [6.07, 6.45) is 0.00497. The molecule has 1 N–H and O–H groups in total. The van der Waals surface area contributed by atoms with Crippen LogP contribution in [0.1, 0.15) is 21.5 Å². The molecule has 2 rings (SSSR count). The van der Waals surface area contributed by atoms with E-state index >= 15 is 0 Å². The van der Waals surface area contributed by atoms with Gasteiger partial charge < -0.3 is 14.8 Å². The molecule has 8 nitrogen and oxygen atoms in total. The van der Waals surface area contributed by atoms with E-state index < -0.39 is 16.8 Å². The summed E-state index contributed by atoms with van der Waals surface area (Å²) >= 11 is 0. The van der Waals surface area contributed by atoms with Gasteiger partial charge in [-0.1, -0.05) is 12.1 Å². The molecule has 0 unspecified atom stereocenters. The highest BCUT2D eigenvalue weighted by Crippen LogP contribution is 2.27. The Morgan fingerprint density at radius 2 is 1.88 bits per heavy atom. The lowest BCUT2D eigenvalue weighted by atomic mass is 10.1. The summed E-state index contributed by atoms with van der Waals surface area (Å²) in [5.41, 5.74) is 1.43. The van der Waals surface area contributed by atoms with Crippen LogP contribution in [0.5, 0.6) is 5.75 Å². The standard InChI is InChI=1S/C18H18N2O6/c1-11-4-7-14(15(8-11)20(23)24)19-18(22)13-6-5-12(10-17(21)26-3)16(9-13)25-2/h4-9H,10H2,1-3H3,(H,19,22). The molecule has 0 heterocycles. The number of methoxy groups -OCH3 is 2. The molecule has 0 saturated carbocycles. The number of nitrogens with one attached hydrogen (secondary N) is 1. The second-order valence-electron chi connectivity index (χ2n) is 5.51. The van der Waals surface area contributed by atoms with Crippen molar-refractivity contribution >= 4 is 23.3 Å². The Morgan fingerprint density at radius 3 is 2.50 bits per heavy atom. The van der Waals surface area contributed by atoms with Crippen molar-refractivity contribution in [2.75, 3.05) is 19.5 Å². The van der Waals surface area contributed by atoms with Gasteiger partial charge in [-0.3, -0.25) is 19.7 Å². The minimum Gasteiger partial charge on any atom is -0.496 e. The number of carbonyl (C=O) groups excluding carboxylic acids is 2. The van der Waals surface area contributed by atoms with Gasteiger partial charge in [0.15, 0.2) is 0 Å². The van der Waals surface area contributed by atoms with Gasteiger partial charge in [0.05, 0.1) is 25.6 Å². The van der Waals surface area contributed by atoms with E-state index in [-0.39, 0.29) is 23.4 Å². The van der Waals surface area contributed by atoms with Crippen molar-refractivity contribution in [3.05, 3.63) is 63.2 Å². The molecule has 26 heavy (non-hydrogen) atoms. The highest BCUT2D eigenvalue weighted by molar-refractivity contribution is 6.05. The van der Waals surface area contributed by atoms with E-state index in [4.69, 9.17) is 4.74 Å². The van der Waals surface area contributed by atoms with E-state index in [1.807, 2.05) is 0 Å². The molecule has 1 amide bonds. The molecule has 0 aliphatic carbocycles. The number of benzene rings is 2. The summed E-state index contributed by atoms with van der Waals surface area (Å²) in [7, 11) is 2.70. The highest BCUT2D eigenvalue weighted by atomic mass is 16.6. The number of amides is 1. The number of nitro groups is 1. The molecular formula is C18H18N2O6. The van der Waals surface area contributed by atoms with Gasteiger partial charge in [-0.15, -0.1) is 0 Å². The number of carbonyl (C=O) groups is 2. The Hall–Kier alpha value is -3.42. The maximum absolute atomic E-state index is 12.5. The first-order valence-electron chi connectivity index (χ1n) is 7.65. The largest absolute Gasteiger partial charge is 0.496 e. The summed E-state index contributed by atoms with van der Waals surface area (Å²) in [6, 6.07) is 9.09. The molecule has 8 heteroatoms. The van der Waals surface area contributed by atoms with Crippen LogP contribution in [-0.2, 0) is 16.0 Å². The van der Waals surface area contributed by atoms with Crippen LogP contribution in [0.15, 0.2) is 36.4 Å². The monoisotopic (exact) mass is 358 g/mol. The summed E-state index contributed by atoms with van der Waals surface area (Å²) in [4.78, 5) is 34.5. The topological polar surface area (TPSA) is 108 Å². The van der Waals surface area contributed by atoms with Crippen LogP contribution >= 0.6 is 0 Å². The summed E-state index contributed by atoms with van der Waals surface area (Å²) < 4.78 is 9.83. The Kier molecular flexibility index (Phi) is 5.90. The van der Waals surface area contributed by atoms with Gasteiger partial charge in [0, 0.05) is 17.2 Å². The van der Waals surface area contributed by atoms with E-state index in [0.717, 1.165) is 0 Å². The van der Waals surface area contributed by atoms with Crippen LogP contribution < -0.4 is 10.1 Å². The molecular weight excluding hydrogens is 340 g/mol. The molecule has 0 fully saturated rings. The van der Waals surface area contributed by atoms with Crippen molar-refractivity contribution in [3.63, 3.8) is 0 Å². The molecule has 2 aromatic rings. The van der Waals surface area contributed by atoms with Gasteiger partial charge in [0.25, 0.3) is 11.6 Å². The summed E-state index contributed by atoms with van der Waals surface area (Å²) in [5.74, 6) is -0.614. The SMILES string of the molecule is COC(=O)Cc1ccc(C(=O)Nc2ccc(C)cc2[N+](=O)[O-])cc1OC. The molecule has 0 aliphatic heterocycles. The first-order valence-corrected chi connectivity index (χ1v) is 7.65. The van der Waals surface area contributed by atoms with Crippen LogP contribution in [0, 0.1) is 17.0 Å². The van der Waals surface area contributed by atoms with Crippen molar-refractivity contribution in [3.8, 4) is 5.75 Å². The van der Waals surface area contributed by atoms with Gasteiger partial charge in [0.1, 0.15) is 11.4 Å². The second-order valence-corrected chi connectivity index (χ2v) is 5.51. The Bertz CT molecular complexity index is 863. The molecule has 0 aromatic heterocycles. The average Bonchev–Trinajstić information content (AvgIpc) is 2.62. The van der Waals surface area contributed by atoms with Crippen molar-refractivity contribution in [1.29, 1.82) is 0 Å². The van der Waals surface area contributed by atoms with Gasteiger partial charge in [-0.25, -0.2) is 0 Å². The average molecular weight is 358 g/mol. The molecule has 0 spiro atoms. The first kappa shape index (κ1) is 18.9. The maximum atomic E-state index is 12.5. The van der Waals surface area contributed by atoms with Gasteiger partial charge in [-0.2, -0.15) is 0 Å². The zero-order chi connectivity index (χ0) is 19.3. The molecule has 0 bridgehead atoms. The number of nitro benzene ring substituents is 1. The van der Waals surface area contributed by atoms with Gasteiger partial charge in [0.2, 0.25) is 0 Å². The highest BCUT2D eigenvalue weighted by Gasteiger charge is 2.18. The molecule has 0 aliphatic rings. The zero-order valence-electron chi connectivity index (χ0n) is 14.6. The Labute approximate surface area is 149 Å². The predicted molar refractivity (Wildman–Crippen MR) is 94.5 cm³/mol. The lowest BCUT2D eigenvalue weighted by Gasteiger charge is -2.11. The fourth-order valence-electron chi connectivity index (χ4n) is 2.35. The summed E-state index contributed by atoms with van der Waals surface area (Å²) in [6.45, 7) is 1.73. The number of ether oxygens (including phenoxy) is 2. The van der Waals surface area contributed by atoms with Crippen LogP contribution in [-0.4, -0.2) is 31.0 Å². The smallest absolute Gasteiger partial charge is 0.310 e. The van der Waals surface area contributed by atoms with E-state index in [0.29, 0.717) is 16.9 Å². The lowest BCUT2D eigenvalue weighted by molar-refractivity contribution is -0.384. The zero-order valence-corrected chi connectivity index (χ0v) is 14.6. The molecule has 2 aromatic carbocycles. The minimum absolute atomic E-state index is 0.00497. The number of rotatable bonds is 6. The van der Waals surface area contributed by atoms with Crippen molar-refractivity contribution < 1.29 is 24.0 Å². The van der Waals surface area contributed by atoms with E-state index in [9.17, 15) is 19.7 Å². The fourth-order valence-corrected chi connectivity index (χ4v) is 2.35. The van der Waals surface area contributed by atoms with Crippen molar-refractivity contribution in [2.24, 2.45) is 0 Å². The van der Waals surface area contributed by atoms with Crippen molar-refractivity contribution in [1.82, 2.24) is 0 Å². The summed E-state index contributed by atoms with van der Waals surface area (Å²) in [5, 5.41) is 13.7. The third kappa shape index (κ3) is 4.35. The minimum atomic E-state index is -0.553. The maximum Gasteiger partial charge on any atom is 0.310 e. The van der Waals surface area contributed by atoms with Crippen LogP contribution in [0.2, 0.25) is 0 Å². The second kappa shape index (κ2) is 8.11. The predicted octanol–water partition coefficient (Wildman–Crippen LogP) is 2.88. The fraction of sp³-hybridized carbons (Fsp3) is 0.222. The normalized spacial score (nSPS) is 10.1. The van der Waals surface area contributed by atoms with E-state index in [1.165, 1.54) is 38.5 Å². The van der Waals surface area contributed by atoms with Crippen molar-refractivity contribution in [2.45, 2.75) is 13.3 Å². The Balaban J connectivity index is 2.28. The molecule has 0 atom stereocenters. The van der Waals surface area contributed by atoms with Crippen LogP contribution in [0.25, 0.3) is 0 Å². The van der Waals surface area contributed by atoms with Crippen LogP contribution in [0.3, 0.4) is 0 Å². The number of anilines is 1. The molecule has 0 radical (unpaired) electrons. The third-order valence-electron chi connectivity index (χ3n) is 3.71. The molecule has 0 saturated heterocycles. The first-order chi connectivity index (χ1) is 12.3. The van der Waals surface area contributed by atoms with Gasteiger partial charge in [-0.05, 0) is 30.7 Å². The van der Waals surface area contributed by atoms with Crippen LogP contribution in [0.4, 0.5) is 11.4 Å². The Morgan fingerprint density at radius 1 is 1.15 bits per heavy atom. The number of aryl methyl sites for hydroxylation is 1. The van der Waals surface area contributed by atoms with E-state index in [2.05, 4.69) is 10.1 Å². The number of hydrogen-bond acceptors (Lipinski definition) is 6. The lowest BCUT2D eigenvalue weighted by Crippen LogP contribution is -2.14. The number of hydrogen-bond donors (Lipinski definition) is 1. The van der Waals surface area contributed by atoms with E-state index in [1.54, 1.807) is 19.1 Å². The van der Waals surface area contributed by atoms with Gasteiger partial charge >= 0.3 is 5.97 Å². The number of nitrogens with zero attached hydrogens (tertiary/aromatic N) is 1. The quantitative estimate of drug-likeness (QED) is 0.483. The molecule has 136 valence electrons.